The molecule has 0 aliphatic rings. The molecule has 2 aromatic rings. The van der Waals surface area contributed by atoms with Gasteiger partial charge in [-0.2, -0.15) is 0 Å². The molecule has 0 heterocycles. The number of anilines is 1. The van der Waals surface area contributed by atoms with Crippen molar-refractivity contribution in [2.45, 2.75) is 20.4 Å². The first kappa shape index (κ1) is 15.6. The second kappa shape index (κ2) is 6.76. The van der Waals surface area contributed by atoms with Crippen LogP contribution in [0.15, 0.2) is 46.9 Å². The summed E-state index contributed by atoms with van der Waals surface area (Å²) in [4.78, 5) is 13.0. The zero-order valence-corrected chi connectivity index (χ0v) is 13.7. The minimum absolute atomic E-state index is 0.0157. The number of carboxylic acids is 1. The van der Waals surface area contributed by atoms with Crippen molar-refractivity contribution in [1.29, 1.82) is 0 Å². The molecule has 0 unspecified atom stereocenters. The third-order valence-corrected chi connectivity index (χ3v) is 4.21. The smallest absolute Gasteiger partial charge is 0.323 e. The van der Waals surface area contributed by atoms with Crippen molar-refractivity contribution in [2.24, 2.45) is 0 Å². The lowest BCUT2D eigenvalue weighted by molar-refractivity contribution is -0.135. The molecule has 4 heteroatoms. The zero-order chi connectivity index (χ0) is 15.4. The fourth-order valence-electron chi connectivity index (χ4n) is 2.18. The Hall–Kier alpha value is -1.81. The van der Waals surface area contributed by atoms with Gasteiger partial charge in [0, 0.05) is 16.7 Å². The van der Waals surface area contributed by atoms with Crippen LogP contribution in [0.4, 0.5) is 5.69 Å². The second-order valence-corrected chi connectivity index (χ2v) is 6.02. The van der Waals surface area contributed by atoms with E-state index in [1.807, 2.05) is 55.1 Å². The molecule has 21 heavy (non-hydrogen) atoms. The van der Waals surface area contributed by atoms with Gasteiger partial charge >= 0.3 is 5.97 Å². The van der Waals surface area contributed by atoms with Crippen LogP contribution in [-0.2, 0) is 11.3 Å². The van der Waals surface area contributed by atoms with E-state index in [-0.39, 0.29) is 6.54 Å². The normalized spacial score (nSPS) is 10.4. The molecule has 0 fully saturated rings. The number of hydrogen-bond acceptors (Lipinski definition) is 2. The monoisotopic (exact) mass is 347 g/mol. The number of aryl methyl sites for hydroxylation is 2. The molecule has 110 valence electrons. The summed E-state index contributed by atoms with van der Waals surface area (Å²) in [5, 5.41) is 9.13. The molecular formula is C17H18BrNO2. The third-order valence-electron chi connectivity index (χ3n) is 3.32. The Morgan fingerprint density at radius 3 is 2.38 bits per heavy atom. The van der Waals surface area contributed by atoms with Crippen molar-refractivity contribution in [3.8, 4) is 0 Å². The van der Waals surface area contributed by atoms with Crippen molar-refractivity contribution in [3.05, 3.63) is 63.6 Å². The van der Waals surface area contributed by atoms with Gasteiger partial charge in [-0.3, -0.25) is 4.79 Å². The average Bonchev–Trinajstić information content (AvgIpc) is 2.42. The van der Waals surface area contributed by atoms with Crippen LogP contribution in [-0.4, -0.2) is 17.6 Å². The van der Waals surface area contributed by atoms with E-state index in [1.165, 1.54) is 0 Å². The number of benzene rings is 2. The first-order valence-electron chi connectivity index (χ1n) is 6.74. The maximum Gasteiger partial charge on any atom is 0.323 e. The van der Waals surface area contributed by atoms with Crippen molar-refractivity contribution < 1.29 is 9.90 Å². The van der Waals surface area contributed by atoms with E-state index >= 15 is 0 Å². The summed E-state index contributed by atoms with van der Waals surface area (Å²) in [7, 11) is 0. The molecule has 0 amide bonds. The lowest BCUT2D eigenvalue weighted by Gasteiger charge is -2.23. The zero-order valence-electron chi connectivity index (χ0n) is 12.1. The Morgan fingerprint density at radius 1 is 1.14 bits per heavy atom. The standard InChI is InChI=1S/C17H18BrNO2/c1-12-3-6-15(7-4-12)19(11-17(20)21)10-14-5-8-16(18)13(2)9-14/h3-9H,10-11H2,1-2H3,(H,20,21). The fourth-order valence-corrected chi connectivity index (χ4v) is 2.43. The highest BCUT2D eigenvalue weighted by Gasteiger charge is 2.12. The molecule has 0 aromatic heterocycles. The summed E-state index contributed by atoms with van der Waals surface area (Å²) in [5.74, 6) is -0.829. The molecule has 0 bridgehead atoms. The van der Waals surface area contributed by atoms with E-state index in [0.29, 0.717) is 6.54 Å². The predicted octanol–water partition coefficient (Wildman–Crippen LogP) is 4.16. The number of rotatable bonds is 5. The van der Waals surface area contributed by atoms with Crippen molar-refractivity contribution >= 4 is 27.6 Å². The van der Waals surface area contributed by atoms with Crippen LogP contribution in [0, 0.1) is 13.8 Å². The Kier molecular flexibility index (Phi) is 5.02. The van der Waals surface area contributed by atoms with Crippen LogP contribution >= 0.6 is 15.9 Å². The lowest BCUT2D eigenvalue weighted by Crippen LogP contribution is -2.29. The van der Waals surface area contributed by atoms with E-state index in [2.05, 4.69) is 22.0 Å². The van der Waals surface area contributed by atoms with E-state index in [9.17, 15) is 4.79 Å². The van der Waals surface area contributed by atoms with Gasteiger partial charge < -0.3 is 10.0 Å². The van der Waals surface area contributed by atoms with Gasteiger partial charge in [-0.15, -0.1) is 0 Å². The fraction of sp³-hybridized carbons (Fsp3) is 0.235. The number of aliphatic carboxylic acids is 1. The van der Waals surface area contributed by atoms with Gasteiger partial charge in [-0.1, -0.05) is 45.8 Å². The SMILES string of the molecule is Cc1ccc(N(CC(=O)O)Cc2ccc(Br)c(C)c2)cc1. The Bertz CT molecular complexity index is 638. The molecule has 0 saturated carbocycles. The Balaban J connectivity index is 2.25. The number of halogens is 1. The highest BCUT2D eigenvalue weighted by Crippen LogP contribution is 2.21. The summed E-state index contributed by atoms with van der Waals surface area (Å²) in [6, 6.07) is 14.0. The molecule has 2 aromatic carbocycles. The molecule has 0 aliphatic carbocycles. The largest absolute Gasteiger partial charge is 0.480 e. The quantitative estimate of drug-likeness (QED) is 0.882. The van der Waals surface area contributed by atoms with Crippen LogP contribution in [0.25, 0.3) is 0 Å². The maximum absolute atomic E-state index is 11.1. The van der Waals surface area contributed by atoms with Crippen LogP contribution < -0.4 is 4.90 Å². The highest BCUT2D eigenvalue weighted by atomic mass is 79.9. The Labute approximate surface area is 133 Å². The summed E-state index contributed by atoms with van der Waals surface area (Å²) in [6.07, 6.45) is 0. The van der Waals surface area contributed by atoms with Crippen molar-refractivity contribution in [1.82, 2.24) is 0 Å². The molecule has 0 aliphatic heterocycles. The summed E-state index contributed by atoms with van der Waals surface area (Å²) in [6.45, 7) is 4.60. The van der Waals surface area contributed by atoms with Crippen LogP contribution in [0.2, 0.25) is 0 Å². The third kappa shape index (κ3) is 4.33. The first-order valence-corrected chi connectivity index (χ1v) is 7.53. The molecule has 0 saturated heterocycles. The highest BCUT2D eigenvalue weighted by molar-refractivity contribution is 9.10. The lowest BCUT2D eigenvalue weighted by atomic mass is 10.1. The molecule has 0 atom stereocenters. The predicted molar refractivity (Wildman–Crippen MR) is 88.7 cm³/mol. The van der Waals surface area contributed by atoms with Gasteiger partial charge in [0.1, 0.15) is 6.54 Å². The summed E-state index contributed by atoms with van der Waals surface area (Å²) < 4.78 is 1.06. The van der Waals surface area contributed by atoms with E-state index in [0.717, 1.165) is 26.9 Å². The molecule has 2 rings (SSSR count). The first-order chi connectivity index (χ1) is 9.95. The van der Waals surface area contributed by atoms with Gasteiger partial charge in [-0.25, -0.2) is 0 Å². The average molecular weight is 348 g/mol. The number of hydrogen-bond donors (Lipinski definition) is 1. The van der Waals surface area contributed by atoms with E-state index in [1.54, 1.807) is 0 Å². The molecule has 0 spiro atoms. The maximum atomic E-state index is 11.1. The van der Waals surface area contributed by atoms with Gasteiger partial charge in [0.2, 0.25) is 0 Å². The van der Waals surface area contributed by atoms with Gasteiger partial charge in [-0.05, 0) is 43.2 Å². The Morgan fingerprint density at radius 2 is 1.81 bits per heavy atom. The molecule has 1 N–H and O–H groups in total. The minimum atomic E-state index is -0.829. The number of nitrogens with zero attached hydrogens (tertiary/aromatic N) is 1. The van der Waals surface area contributed by atoms with Gasteiger partial charge in [0.15, 0.2) is 0 Å². The van der Waals surface area contributed by atoms with E-state index in [4.69, 9.17) is 5.11 Å². The van der Waals surface area contributed by atoms with E-state index < -0.39 is 5.97 Å². The minimum Gasteiger partial charge on any atom is -0.480 e. The second-order valence-electron chi connectivity index (χ2n) is 5.17. The number of carbonyl (C=O) groups is 1. The summed E-state index contributed by atoms with van der Waals surface area (Å²) in [5.41, 5.74) is 4.32. The topological polar surface area (TPSA) is 40.5 Å². The van der Waals surface area contributed by atoms with Crippen LogP contribution in [0.3, 0.4) is 0 Å². The van der Waals surface area contributed by atoms with Crippen LogP contribution in [0.1, 0.15) is 16.7 Å². The van der Waals surface area contributed by atoms with Crippen molar-refractivity contribution in [3.63, 3.8) is 0 Å². The van der Waals surface area contributed by atoms with Gasteiger partial charge in [0.05, 0.1) is 0 Å². The van der Waals surface area contributed by atoms with Gasteiger partial charge in [0.25, 0.3) is 0 Å². The molecule has 3 nitrogen and oxygen atoms in total. The van der Waals surface area contributed by atoms with Crippen LogP contribution in [0.5, 0.6) is 0 Å². The molecular weight excluding hydrogens is 330 g/mol. The number of carboxylic acid groups (broad SMARTS) is 1. The summed E-state index contributed by atoms with van der Waals surface area (Å²) >= 11 is 3.48. The molecule has 0 radical (unpaired) electrons. The van der Waals surface area contributed by atoms with Crippen molar-refractivity contribution in [2.75, 3.05) is 11.4 Å².